The standard InChI is InChI=1S/C19H22N2/c1-12-15-6-4-5-7-16(15)19(2,3)18(12)13-8-9-14(11-20)17(21)10-13/h4-10H,11,20-21H2,1-3H3. The number of benzene rings is 2. The Labute approximate surface area is 126 Å². The van der Waals surface area contributed by atoms with E-state index in [1.54, 1.807) is 0 Å². The number of rotatable bonds is 2. The van der Waals surface area contributed by atoms with Crippen LogP contribution in [-0.2, 0) is 12.0 Å². The SMILES string of the molecule is CC1=C(c2ccc(CN)c(N)c2)C(C)(C)c2ccccc21. The molecule has 3 rings (SSSR count). The maximum Gasteiger partial charge on any atom is 0.0365 e. The maximum absolute atomic E-state index is 6.14. The molecule has 0 bridgehead atoms. The Bertz CT molecular complexity index is 739. The van der Waals surface area contributed by atoms with Gasteiger partial charge in [0.1, 0.15) is 0 Å². The molecule has 2 aromatic carbocycles. The molecule has 2 nitrogen and oxygen atoms in total. The van der Waals surface area contributed by atoms with Crippen molar-refractivity contribution < 1.29 is 0 Å². The Morgan fingerprint density at radius 3 is 2.38 bits per heavy atom. The molecule has 21 heavy (non-hydrogen) atoms. The van der Waals surface area contributed by atoms with E-state index in [0.717, 1.165) is 11.3 Å². The average molecular weight is 278 g/mol. The number of anilines is 1. The fourth-order valence-electron chi connectivity index (χ4n) is 3.61. The van der Waals surface area contributed by atoms with Crippen LogP contribution in [0.2, 0.25) is 0 Å². The van der Waals surface area contributed by atoms with Crippen molar-refractivity contribution in [3.8, 4) is 0 Å². The second-order valence-electron chi connectivity index (χ2n) is 6.29. The van der Waals surface area contributed by atoms with Gasteiger partial charge in [0.05, 0.1) is 0 Å². The molecule has 0 radical (unpaired) electrons. The van der Waals surface area contributed by atoms with Gasteiger partial charge >= 0.3 is 0 Å². The van der Waals surface area contributed by atoms with E-state index in [9.17, 15) is 0 Å². The smallest absolute Gasteiger partial charge is 0.0365 e. The van der Waals surface area contributed by atoms with Gasteiger partial charge < -0.3 is 11.5 Å². The Kier molecular flexibility index (Phi) is 3.14. The molecule has 2 aromatic rings. The Balaban J connectivity index is 2.19. The van der Waals surface area contributed by atoms with E-state index < -0.39 is 0 Å². The summed E-state index contributed by atoms with van der Waals surface area (Å²) in [5, 5.41) is 0. The first-order valence-corrected chi connectivity index (χ1v) is 7.37. The summed E-state index contributed by atoms with van der Waals surface area (Å²) in [6.45, 7) is 7.25. The van der Waals surface area contributed by atoms with E-state index in [0.29, 0.717) is 6.54 Å². The van der Waals surface area contributed by atoms with Crippen molar-refractivity contribution in [2.75, 3.05) is 5.73 Å². The normalized spacial score (nSPS) is 16.2. The fourth-order valence-corrected chi connectivity index (χ4v) is 3.61. The highest BCUT2D eigenvalue weighted by molar-refractivity contribution is 6.00. The lowest BCUT2D eigenvalue weighted by Crippen LogP contribution is -2.16. The summed E-state index contributed by atoms with van der Waals surface area (Å²) in [7, 11) is 0. The molecule has 0 saturated heterocycles. The third kappa shape index (κ3) is 1.98. The van der Waals surface area contributed by atoms with E-state index in [1.165, 1.54) is 27.8 Å². The zero-order valence-corrected chi connectivity index (χ0v) is 12.9. The monoisotopic (exact) mass is 278 g/mol. The highest BCUT2D eigenvalue weighted by Gasteiger charge is 2.36. The molecule has 0 atom stereocenters. The topological polar surface area (TPSA) is 52.0 Å². The molecule has 2 heteroatoms. The van der Waals surface area contributed by atoms with Crippen LogP contribution >= 0.6 is 0 Å². The maximum atomic E-state index is 6.14. The van der Waals surface area contributed by atoms with Crippen LogP contribution in [0.25, 0.3) is 11.1 Å². The molecule has 108 valence electrons. The van der Waals surface area contributed by atoms with E-state index in [-0.39, 0.29) is 5.41 Å². The summed E-state index contributed by atoms with van der Waals surface area (Å²) in [6, 6.07) is 14.9. The second-order valence-corrected chi connectivity index (χ2v) is 6.29. The molecular formula is C19H22N2. The number of nitrogens with two attached hydrogens (primary N) is 2. The minimum atomic E-state index is -0.00263. The molecule has 0 aliphatic heterocycles. The molecule has 0 heterocycles. The molecule has 0 saturated carbocycles. The van der Waals surface area contributed by atoms with Crippen LogP contribution in [-0.4, -0.2) is 0 Å². The Morgan fingerprint density at radius 1 is 1.05 bits per heavy atom. The van der Waals surface area contributed by atoms with Crippen molar-refractivity contribution in [2.45, 2.75) is 32.7 Å². The third-order valence-corrected chi connectivity index (χ3v) is 4.66. The van der Waals surface area contributed by atoms with Gasteiger partial charge in [-0.15, -0.1) is 0 Å². The van der Waals surface area contributed by atoms with Crippen molar-refractivity contribution in [3.63, 3.8) is 0 Å². The molecule has 0 spiro atoms. The zero-order valence-electron chi connectivity index (χ0n) is 12.9. The van der Waals surface area contributed by atoms with Crippen LogP contribution in [0.5, 0.6) is 0 Å². The second kappa shape index (κ2) is 4.74. The quantitative estimate of drug-likeness (QED) is 0.817. The van der Waals surface area contributed by atoms with Crippen molar-refractivity contribution in [1.29, 1.82) is 0 Å². The number of nitrogen functional groups attached to an aromatic ring is 1. The third-order valence-electron chi connectivity index (χ3n) is 4.66. The molecule has 4 N–H and O–H groups in total. The molecule has 1 aliphatic rings. The largest absolute Gasteiger partial charge is 0.398 e. The van der Waals surface area contributed by atoms with E-state index >= 15 is 0 Å². The lowest BCUT2D eigenvalue weighted by atomic mass is 9.78. The van der Waals surface area contributed by atoms with Crippen molar-refractivity contribution in [2.24, 2.45) is 5.73 Å². The summed E-state index contributed by atoms with van der Waals surface area (Å²) in [5.74, 6) is 0. The summed E-state index contributed by atoms with van der Waals surface area (Å²) in [5.41, 5.74) is 20.3. The van der Waals surface area contributed by atoms with Gasteiger partial charge in [-0.05, 0) is 46.4 Å². The van der Waals surface area contributed by atoms with Gasteiger partial charge in [0, 0.05) is 17.6 Å². The number of fused-ring (bicyclic) bond motifs is 1. The number of hydrogen-bond donors (Lipinski definition) is 2. The summed E-state index contributed by atoms with van der Waals surface area (Å²) in [4.78, 5) is 0. The average Bonchev–Trinajstić information content (AvgIpc) is 2.67. The Hall–Kier alpha value is -2.06. The zero-order chi connectivity index (χ0) is 15.2. The minimum absolute atomic E-state index is 0.00263. The van der Waals surface area contributed by atoms with E-state index in [4.69, 9.17) is 11.5 Å². The van der Waals surface area contributed by atoms with Gasteiger partial charge in [0.15, 0.2) is 0 Å². The van der Waals surface area contributed by atoms with Gasteiger partial charge in [0.2, 0.25) is 0 Å². The van der Waals surface area contributed by atoms with Gasteiger partial charge in [-0.25, -0.2) is 0 Å². The molecule has 0 amide bonds. The number of hydrogen-bond acceptors (Lipinski definition) is 2. The first-order chi connectivity index (χ1) is 9.96. The van der Waals surface area contributed by atoms with Crippen molar-refractivity contribution in [3.05, 3.63) is 64.7 Å². The molecule has 0 unspecified atom stereocenters. The van der Waals surface area contributed by atoms with Crippen LogP contribution in [0.4, 0.5) is 5.69 Å². The van der Waals surface area contributed by atoms with Gasteiger partial charge in [-0.3, -0.25) is 0 Å². The summed E-state index contributed by atoms with van der Waals surface area (Å²) >= 11 is 0. The lowest BCUT2D eigenvalue weighted by molar-refractivity contribution is 0.704. The predicted molar refractivity (Wildman–Crippen MR) is 90.7 cm³/mol. The minimum Gasteiger partial charge on any atom is -0.398 e. The molecule has 0 fully saturated rings. The molecule has 0 aromatic heterocycles. The Morgan fingerprint density at radius 2 is 1.76 bits per heavy atom. The van der Waals surface area contributed by atoms with Crippen LogP contribution < -0.4 is 11.5 Å². The van der Waals surface area contributed by atoms with Crippen LogP contribution in [0, 0.1) is 0 Å². The van der Waals surface area contributed by atoms with Gasteiger partial charge in [0.25, 0.3) is 0 Å². The highest BCUT2D eigenvalue weighted by atomic mass is 14.6. The summed E-state index contributed by atoms with van der Waals surface area (Å²) < 4.78 is 0. The van der Waals surface area contributed by atoms with Crippen LogP contribution in [0.3, 0.4) is 0 Å². The van der Waals surface area contributed by atoms with Crippen LogP contribution in [0.15, 0.2) is 42.5 Å². The molecular weight excluding hydrogens is 256 g/mol. The van der Waals surface area contributed by atoms with Crippen molar-refractivity contribution >= 4 is 16.8 Å². The van der Waals surface area contributed by atoms with Crippen LogP contribution in [0.1, 0.15) is 43.0 Å². The van der Waals surface area contributed by atoms with Gasteiger partial charge in [-0.2, -0.15) is 0 Å². The fraction of sp³-hybridized carbons (Fsp3) is 0.263. The first-order valence-electron chi connectivity index (χ1n) is 7.37. The highest BCUT2D eigenvalue weighted by Crippen LogP contribution is 2.50. The van der Waals surface area contributed by atoms with E-state index in [2.05, 4.69) is 57.2 Å². The number of allylic oxidation sites excluding steroid dienone is 2. The lowest BCUT2D eigenvalue weighted by Gasteiger charge is -2.25. The van der Waals surface area contributed by atoms with Gasteiger partial charge in [-0.1, -0.05) is 50.2 Å². The summed E-state index contributed by atoms with van der Waals surface area (Å²) in [6.07, 6.45) is 0. The predicted octanol–water partition coefficient (Wildman–Crippen LogP) is 3.95. The first kappa shape index (κ1) is 13.9. The molecule has 1 aliphatic carbocycles. The van der Waals surface area contributed by atoms with E-state index in [1.807, 2.05) is 6.07 Å². The van der Waals surface area contributed by atoms with Crippen molar-refractivity contribution in [1.82, 2.24) is 0 Å².